The highest BCUT2D eigenvalue weighted by molar-refractivity contribution is 6.30. The Labute approximate surface area is 604 Å². The van der Waals surface area contributed by atoms with Crippen LogP contribution >= 0.6 is 11.6 Å². The van der Waals surface area contributed by atoms with Gasteiger partial charge < -0.3 is 90.9 Å². The van der Waals surface area contributed by atoms with Crippen LogP contribution in [0.15, 0.2) is 102 Å². The van der Waals surface area contributed by atoms with E-state index < -0.39 is 169 Å². The number of carbonyl (C=O) groups excluding carboxylic acids is 14. The molecule has 10 atom stereocenters. The van der Waals surface area contributed by atoms with Crippen molar-refractivity contribution in [2.75, 3.05) is 32.7 Å². The average Bonchev–Trinajstić information content (AvgIpc) is 1.52. The molecule has 0 saturated carbocycles. The van der Waals surface area contributed by atoms with Crippen molar-refractivity contribution in [1.29, 1.82) is 0 Å². The van der Waals surface area contributed by atoms with Crippen LogP contribution < -0.4 is 81.0 Å². The monoisotopic (exact) mass is 1450 g/mol. The highest BCUT2D eigenvalue weighted by atomic mass is 35.5. The maximum absolute atomic E-state index is 15.4. The number of nitrogens with zero attached hydrogens (tertiary/aromatic N) is 2. The van der Waals surface area contributed by atoms with E-state index >= 15 is 24.0 Å². The Balaban J connectivity index is 1.23. The second-order valence-corrected chi connectivity index (χ2v) is 26.9. The van der Waals surface area contributed by atoms with Gasteiger partial charge in [0.25, 0.3) is 0 Å². The van der Waals surface area contributed by atoms with Gasteiger partial charge in [0.15, 0.2) is 5.96 Å². The minimum absolute atomic E-state index is 0.00768. The molecule has 0 unspecified atom stereocenters. The molecule has 0 aliphatic carbocycles. The molecule has 3 fully saturated rings. The Bertz CT molecular complexity index is 4030. The number of hydrogen-bond donors (Lipinski definition) is 16. The molecular formula is C71H91ClN18O14. The van der Waals surface area contributed by atoms with Gasteiger partial charge in [-0.15, -0.1) is 0 Å². The van der Waals surface area contributed by atoms with Crippen LogP contribution in [0.1, 0.15) is 102 Å². The van der Waals surface area contributed by atoms with Crippen LogP contribution in [0.5, 0.6) is 0 Å². The molecule has 104 heavy (non-hydrogen) atoms. The first-order valence-electron chi connectivity index (χ1n) is 34.6. The van der Waals surface area contributed by atoms with Gasteiger partial charge in [0.05, 0.1) is 13.0 Å². The summed E-state index contributed by atoms with van der Waals surface area (Å²) in [5, 5.41) is 34.2. The number of carbonyl (C=O) groups is 14. The number of aliphatic imine (C=N–C) groups is 1. The quantitative estimate of drug-likeness (QED) is 0.0334. The second-order valence-electron chi connectivity index (χ2n) is 26.5. The lowest BCUT2D eigenvalue weighted by molar-refractivity contribution is -0.142. The largest absolute Gasteiger partial charge is 0.370 e. The summed E-state index contributed by atoms with van der Waals surface area (Å²) in [5.41, 5.74) is 19.2. The van der Waals surface area contributed by atoms with Crippen molar-refractivity contribution in [1.82, 2.24) is 73.7 Å². The lowest BCUT2D eigenvalue weighted by Crippen LogP contribution is -2.61. The molecule has 0 spiro atoms. The zero-order valence-electron chi connectivity index (χ0n) is 58.0. The summed E-state index contributed by atoms with van der Waals surface area (Å²) in [6.45, 7) is 3.29. The van der Waals surface area contributed by atoms with Crippen LogP contribution in [0, 0.1) is 5.92 Å². The zero-order valence-corrected chi connectivity index (χ0v) is 58.8. The number of nitrogens with two attached hydrogens (primary N) is 3. The van der Waals surface area contributed by atoms with Crippen molar-refractivity contribution in [3.63, 3.8) is 0 Å². The maximum atomic E-state index is 15.4. The smallest absolute Gasteiger partial charge is 0.245 e. The van der Waals surface area contributed by atoms with Gasteiger partial charge in [-0.3, -0.25) is 72.1 Å². The molecule has 4 heterocycles. The number of aromatic nitrogens is 1. The van der Waals surface area contributed by atoms with E-state index in [-0.39, 0.29) is 95.7 Å². The molecule has 5 aromatic rings. The van der Waals surface area contributed by atoms with Gasteiger partial charge in [-0.05, 0) is 103 Å². The zero-order chi connectivity index (χ0) is 75.1. The number of halogens is 1. The first kappa shape index (κ1) is 78.5. The summed E-state index contributed by atoms with van der Waals surface area (Å²) in [4.78, 5) is 210. The van der Waals surface area contributed by atoms with Crippen molar-refractivity contribution in [3.05, 3.63) is 119 Å². The number of nitrogens with one attached hydrogen (secondary N) is 13. The van der Waals surface area contributed by atoms with E-state index in [1.54, 1.807) is 68.6 Å². The number of fused-ring (bicyclic) bond motifs is 6. The first-order chi connectivity index (χ1) is 49.7. The molecule has 19 N–H and O–H groups in total. The second kappa shape index (κ2) is 37.7. The first-order valence-corrected chi connectivity index (χ1v) is 35.0. The summed E-state index contributed by atoms with van der Waals surface area (Å²) < 4.78 is 0. The molecule has 32 nitrogen and oxygen atoms in total. The summed E-state index contributed by atoms with van der Waals surface area (Å²) in [6, 6.07) is 10.4. The highest BCUT2D eigenvalue weighted by Gasteiger charge is 2.41. The maximum Gasteiger partial charge on any atom is 0.245 e. The number of primary amides is 1. The van der Waals surface area contributed by atoms with E-state index in [4.69, 9.17) is 28.8 Å². The van der Waals surface area contributed by atoms with Gasteiger partial charge in [-0.2, -0.15) is 0 Å². The van der Waals surface area contributed by atoms with E-state index in [1.807, 2.05) is 30.3 Å². The molecule has 2 bridgehead atoms. The lowest BCUT2D eigenvalue weighted by Gasteiger charge is -2.31. The predicted molar refractivity (Wildman–Crippen MR) is 383 cm³/mol. The van der Waals surface area contributed by atoms with Crippen molar-refractivity contribution in [3.8, 4) is 0 Å². The molecule has 0 radical (unpaired) electrons. The summed E-state index contributed by atoms with van der Waals surface area (Å²) in [6.07, 6.45) is -0.900. The molecule has 3 aliphatic rings. The lowest BCUT2D eigenvalue weighted by atomic mass is 9.98. The number of guanidine groups is 1. The van der Waals surface area contributed by atoms with E-state index in [2.05, 4.69) is 73.8 Å². The molecule has 3 saturated heterocycles. The number of hydrogen-bond acceptors (Lipinski definition) is 15. The Kier molecular flexibility index (Phi) is 28.4. The number of para-hydroxylation sites is 1. The summed E-state index contributed by atoms with van der Waals surface area (Å²) in [7, 11) is 0. The molecule has 14 amide bonds. The molecule has 8 rings (SSSR count). The van der Waals surface area contributed by atoms with Gasteiger partial charge in [0, 0.05) is 80.9 Å². The Morgan fingerprint density at radius 3 is 1.92 bits per heavy atom. The number of benzene rings is 4. The standard InChI is InChI=1S/C71H91ClN18O14/c1-38(2)29-51-64(98)83-50(16-9-27-77-71(74)75)70(104)90-28-10-17-57(90)69(103)89-56(61(73)95)36-79-59(93)34-55-68(102)82-48(62(96)86-53(66(100)84-51)32-41-18-21-42-11-4-5-12-43(42)30-41)15-8-26-76-60(94)37-80-58(92)25-24-49(81-39(3)91)63(97)85-52(31-40-19-22-45(72)23-20-40)65(99)87-54(67(101)88-55)33-44-35-78-47-14-7-6-13-46(44)47/h4-7,11-14,18-23,30,35,38,48-57,78H,8-10,15-17,24-29,31-34,36-37H2,1-3H3,(H2,73,95)(H,76,94)(H,79,93)(H,80,92)(H,81,91)(H,82,102)(H,83,98)(H,84,100)(H,85,97)(H,86,96)(H,87,99)(H,88,101)(H,89,103)(H4,74,75,77)/t48-,49-,50+,51-,52+,53-,54-,55-,56-,57-/m1/s1. The number of H-pyrrole nitrogens is 1. The molecule has 556 valence electrons. The number of rotatable bonds is 14. The summed E-state index contributed by atoms with van der Waals surface area (Å²) in [5.74, 6) is -13.2. The van der Waals surface area contributed by atoms with Gasteiger partial charge in [-0.25, -0.2) is 0 Å². The van der Waals surface area contributed by atoms with Crippen molar-refractivity contribution < 1.29 is 67.1 Å². The fraction of sp³-hybridized carbons (Fsp3) is 0.451. The fourth-order valence-corrected chi connectivity index (χ4v) is 12.7. The molecule has 33 heteroatoms. The molecule has 3 aliphatic heterocycles. The fourth-order valence-electron chi connectivity index (χ4n) is 12.6. The third-order valence-corrected chi connectivity index (χ3v) is 18.2. The van der Waals surface area contributed by atoms with E-state index in [9.17, 15) is 43.2 Å². The van der Waals surface area contributed by atoms with Crippen LogP contribution in [0.3, 0.4) is 0 Å². The predicted octanol–water partition coefficient (Wildman–Crippen LogP) is -1.71. The number of aromatic amines is 1. The van der Waals surface area contributed by atoms with Crippen LogP contribution in [-0.2, 0) is 86.4 Å². The van der Waals surface area contributed by atoms with Gasteiger partial charge in [0.2, 0.25) is 82.7 Å². The van der Waals surface area contributed by atoms with Crippen molar-refractivity contribution in [2.45, 2.75) is 165 Å². The SMILES string of the molecule is CC(=O)N[C@@H]1CCC(=O)NCC(=O)NCCC[C@H]2NC(=O)[C@@H](CC(=O)NC[C@H](C(N)=O)NC(=O)[C@H]3CCCN3C(=O)[C@H](CCCN=C(N)N)NC(=O)[C@@H](CC(C)C)NC(=O)[C@@H](Cc3ccc4ccccc4c3)NC2=O)NC(=O)[C@@H](Cc2c[nH]c3ccccc23)NC(=O)[C@H](Cc2ccc(Cl)cc2)NC1=O. The Morgan fingerprint density at radius 1 is 0.596 bits per heavy atom. The third kappa shape index (κ3) is 23.2. The topological polar surface area (TPSA) is 493 Å². The normalized spacial score (nSPS) is 24.0. The highest BCUT2D eigenvalue weighted by Crippen LogP contribution is 2.24. The van der Waals surface area contributed by atoms with Gasteiger partial charge >= 0.3 is 0 Å². The van der Waals surface area contributed by atoms with Gasteiger partial charge in [0.1, 0.15) is 60.4 Å². The van der Waals surface area contributed by atoms with Crippen LogP contribution in [0.4, 0.5) is 0 Å². The average molecular weight is 1460 g/mol. The van der Waals surface area contributed by atoms with E-state index in [1.165, 1.54) is 17.0 Å². The number of amides is 14. The Hall–Kier alpha value is -11.2. The van der Waals surface area contributed by atoms with Crippen LogP contribution in [0.25, 0.3) is 21.7 Å². The molecule has 4 aromatic carbocycles. The summed E-state index contributed by atoms with van der Waals surface area (Å²) >= 11 is 6.25. The van der Waals surface area contributed by atoms with Gasteiger partial charge in [-0.1, -0.05) is 98.2 Å². The van der Waals surface area contributed by atoms with Crippen LogP contribution in [0.2, 0.25) is 5.02 Å². The van der Waals surface area contributed by atoms with Crippen LogP contribution in [-0.4, -0.2) is 192 Å². The molecule has 1 aromatic heterocycles. The third-order valence-electron chi connectivity index (χ3n) is 18.0. The van der Waals surface area contributed by atoms with Crippen molar-refractivity contribution >= 4 is 122 Å². The van der Waals surface area contributed by atoms with Crippen molar-refractivity contribution in [2.24, 2.45) is 28.1 Å². The molecular weight excluding hydrogens is 1360 g/mol. The minimum Gasteiger partial charge on any atom is -0.370 e. The minimum atomic E-state index is -2.01. The van der Waals surface area contributed by atoms with E-state index in [0.717, 1.165) is 17.7 Å². The Morgan fingerprint density at radius 2 is 1.21 bits per heavy atom. The van der Waals surface area contributed by atoms with E-state index in [0.29, 0.717) is 39.0 Å².